The fourth-order valence-corrected chi connectivity index (χ4v) is 6.07. The molecule has 0 spiro atoms. The van der Waals surface area contributed by atoms with Gasteiger partial charge in [-0.25, -0.2) is 9.59 Å². The minimum atomic E-state index is -0.644. The van der Waals surface area contributed by atoms with Crippen LogP contribution >= 0.6 is 0 Å². The number of nitrogens with one attached hydrogen (secondary N) is 2. The quantitative estimate of drug-likeness (QED) is 0.569. The van der Waals surface area contributed by atoms with E-state index in [1.807, 2.05) is 20.9 Å². The van der Waals surface area contributed by atoms with Gasteiger partial charge in [-0.15, -0.1) is 0 Å². The number of amides is 3. The second-order valence-corrected chi connectivity index (χ2v) is 9.35. The highest BCUT2D eigenvalue weighted by atomic mass is 16.5. The molecule has 30 heavy (non-hydrogen) atoms. The molecule has 0 saturated heterocycles. The first kappa shape index (κ1) is 20.6. The molecule has 5 rings (SSSR count). The zero-order chi connectivity index (χ0) is 21.5. The van der Waals surface area contributed by atoms with Crippen LogP contribution in [0, 0.1) is 31.6 Å². The Hall–Kier alpha value is -2.64. The van der Waals surface area contributed by atoms with Crippen LogP contribution in [0.4, 0.5) is 4.79 Å². The van der Waals surface area contributed by atoms with Gasteiger partial charge in [0.15, 0.2) is 6.61 Å². The van der Waals surface area contributed by atoms with E-state index in [9.17, 15) is 14.4 Å². The highest BCUT2D eigenvalue weighted by molar-refractivity contribution is 5.96. The number of hydrogen-bond acceptors (Lipinski definition) is 5. The number of aromatic nitrogens is 2. The molecule has 0 atom stereocenters. The highest BCUT2D eigenvalue weighted by Crippen LogP contribution is 2.55. The second-order valence-electron chi connectivity index (χ2n) is 9.35. The van der Waals surface area contributed by atoms with Crippen molar-refractivity contribution in [3.05, 3.63) is 23.0 Å². The Bertz CT molecular complexity index is 866. The van der Waals surface area contributed by atoms with Crippen molar-refractivity contribution in [2.75, 3.05) is 6.61 Å². The molecule has 1 aromatic heterocycles. The summed E-state index contributed by atoms with van der Waals surface area (Å²) in [6, 6.07) is -0.491. The Labute approximate surface area is 176 Å². The first-order valence-corrected chi connectivity index (χ1v) is 10.7. The summed E-state index contributed by atoms with van der Waals surface area (Å²) in [5, 5.41) is 9.65. The molecule has 4 saturated carbocycles. The Morgan fingerprint density at radius 3 is 2.27 bits per heavy atom. The van der Waals surface area contributed by atoms with E-state index in [-0.39, 0.29) is 5.54 Å². The first-order chi connectivity index (χ1) is 14.2. The lowest BCUT2D eigenvalue weighted by Gasteiger charge is -2.56. The van der Waals surface area contributed by atoms with Gasteiger partial charge >= 0.3 is 12.0 Å². The molecule has 162 valence electrons. The van der Waals surface area contributed by atoms with E-state index in [0.717, 1.165) is 36.2 Å². The van der Waals surface area contributed by atoms with Crippen molar-refractivity contribution in [3.63, 3.8) is 0 Å². The third-order valence-electron chi connectivity index (χ3n) is 6.97. The largest absolute Gasteiger partial charge is 0.452 e. The summed E-state index contributed by atoms with van der Waals surface area (Å²) in [5.74, 6) is 0.827. The number of hydrogen-bond donors (Lipinski definition) is 2. The maximum atomic E-state index is 12.4. The van der Waals surface area contributed by atoms with Crippen LogP contribution in [0.25, 0.3) is 6.08 Å². The number of urea groups is 1. The van der Waals surface area contributed by atoms with Gasteiger partial charge in [-0.05, 0) is 76.2 Å². The molecule has 1 aromatic rings. The number of nitrogens with zero attached hydrogens (tertiary/aromatic N) is 2. The summed E-state index contributed by atoms with van der Waals surface area (Å²) in [6.45, 7) is 3.26. The zero-order valence-corrected chi connectivity index (χ0v) is 17.9. The molecule has 4 fully saturated rings. The summed E-state index contributed by atoms with van der Waals surface area (Å²) in [6.07, 6.45) is 9.75. The smallest absolute Gasteiger partial charge is 0.331 e. The number of esters is 1. The molecule has 1 heterocycles. The van der Waals surface area contributed by atoms with E-state index < -0.39 is 24.5 Å². The summed E-state index contributed by atoms with van der Waals surface area (Å²) >= 11 is 0. The van der Waals surface area contributed by atoms with Gasteiger partial charge in [0.1, 0.15) is 0 Å². The molecule has 0 unspecified atom stereocenters. The van der Waals surface area contributed by atoms with Crippen molar-refractivity contribution < 1.29 is 19.1 Å². The number of imide groups is 1. The molecule has 0 aromatic carbocycles. The molecule has 4 bridgehead atoms. The van der Waals surface area contributed by atoms with E-state index in [0.29, 0.717) is 17.8 Å². The average molecular weight is 415 g/mol. The van der Waals surface area contributed by atoms with Crippen molar-refractivity contribution in [2.24, 2.45) is 24.8 Å². The fraction of sp³-hybridized carbons (Fsp3) is 0.636. The second kappa shape index (κ2) is 7.89. The number of ether oxygens (including phenoxy) is 1. The van der Waals surface area contributed by atoms with Crippen molar-refractivity contribution >= 4 is 24.0 Å². The van der Waals surface area contributed by atoms with Crippen molar-refractivity contribution in [3.8, 4) is 0 Å². The maximum absolute atomic E-state index is 12.4. The van der Waals surface area contributed by atoms with Crippen LogP contribution in [-0.2, 0) is 21.4 Å². The lowest BCUT2D eigenvalue weighted by atomic mass is 9.53. The number of carbonyl (C=O) groups is 3. The highest BCUT2D eigenvalue weighted by Gasteiger charge is 2.51. The lowest BCUT2D eigenvalue weighted by molar-refractivity contribution is -0.143. The molecule has 4 aliphatic rings. The molecule has 0 aliphatic heterocycles. The number of carbonyl (C=O) groups excluding carboxylic acids is 3. The Balaban J connectivity index is 1.23. The van der Waals surface area contributed by atoms with E-state index >= 15 is 0 Å². The topological polar surface area (TPSA) is 102 Å². The molecule has 8 heteroatoms. The summed E-state index contributed by atoms with van der Waals surface area (Å²) in [5.41, 5.74) is 2.40. The molecule has 4 aliphatic carbocycles. The Morgan fingerprint density at radius 2 is 1.73 bits per heavy atom. The van der Waals surface area contributed by atoms with Gasteiger partial charge in [-0.1, -0.05) is 0 Å². The molecule has 3 amide bonds. The summed E-state index contributed by atoms with van der Waals surface area (Å²) < 4.78 is 6.69. The van der Waals surface area contributed by atoms with Crippen LogP contribution in [-0.4, -0.2) is 39.8 Å². The molecule has 8 nitrogen and oxygen atoms in total. The maximum Gasteiger partial charge on any atom is 0.331 e. The van der Waals surface area contributed by atoms with Crippen molar-refractivity contribution in [1.82, 2.24) is 20.4 Å². The zero-order valence-electron chi connectivity index (χ0n) is 17.9. The van der Waals surface area contributed by atoms with Crippen LogP contribution in [0.1, 0.15) is 55.5 Å². The van der Waals surface area contributed by atoms with Gasteiger partial charge in [0, 0.05) is 29.9 Å². The van der Waals surface area contributed by atoms with E-state index in [4.69, 9.17) is 4.74 Å². The minimum absolute atomic E-state index is 0.169. The fourth-order valence-electron chi connectivity index (χ4n) is 6.07. The standard InChI is InChI=1S/C22H30N4O4/c1-13-18(14(2)26(3)25-13)4-5-20(28)30-12-19(27)23-21(29)24-22-9-15-6-16(10-22)8-17(7-15)11-22/h4-5,15-17H,6-12H2,1-3H3,(H2,23,24,27,29)/b5-4-. The van der Waals surface area contributed by atoms with E-state index in [1.165, 1.54) is 25.3 Å². The molecular formula is C22H30N4O4. The van der Waals surface area contributed by atoms with Crippen LogP contribution in [0.5, 0.6) is 0 Å². The Kier molecular flexibility index (Phi) is 5.42. The molecule has 0 radical (unpaired) electrons. The van der Waals surface area contributed by atoms with Gasteiger partial charge in [0.2, 0.25) is 0 Å². The summed E-state index contributed by atoms with van der Waals surface area (Å²) in [4.78, 5) is 36.3. The summed E-state index contributed by atoms with van der Waals surface area (Å²) in [7, 11) is 1.83. The van der Waals surface area contributed by atoms with E-state index in [2.05, 4.69) is 15.7 Å². The predicted molar refractivity (Wildman–Crippen MR) is 110 cm³/mol. The lowest BCUT2D eigenvalue weighted by Crippen LogP contribution is -2.62. The SMILES string of the molecule is Cc1nn(C)c(C)c1/C=C\C(=O)OCC(=O)NC(=O)NC12CC3CC(CC(C3)C1)C2. The molecular weight excluding hydrogens is 384 g/mol. The molecule has 2 N–H and O–H groups in total. The number of rotatable bonds is 5. The first-order valence-electron chi connectivity index (χ1n) is 10.7. The number of aryl methyl sites for hydroxylation is 2. The van der Waals surface area contributed by atoms with Gasteiger partial charge in [0.05, 0.1) is 5.69 Å². The minimum Gasteiger partial charge on any atom is -0.452 e. The average Bonchev–Trinajstić information content (AvgIpc) is 2.88. The van der Waals surface area contributed by atoms with Crippen LogP contribution in [0.3, 0.4) is 0 Å². The van der Waals surface area contributed by atoms with Gasteiger partial charge < -0.3 is 10.1 Å². The van der Waals surface area contributed by atoms with Gasteiger partial charge in [0.25, 0.3) is 5.91 Å². The Morgan fingerprint density at radius 1 is 1.13 bits per heavy atom. The van der Waals surface area contributed by atoms with E-state index in [1.54, 1.807) is 10.8 Å². The van der Waals surface area contributed by atoms with Crippen molar-refractivity contribution in [1.29, 1.82) is 0 Å². The van der Waals surface area contributed by atoms with Crippen molar-refractivity contribution in [2.45, 2.75) is 57.9 Å². The third-order valence-corrected chi connectivity index (χ3v) is 6.97. The van der Waals surface area contributed by atoms with Gasteiger partial charge in [-0.3, -0.25) is 14.8 Å². The monoisotopic (exact) mass is 414 g/mol. The normalized spacial score (nSPS) is 29.2. The van der Waals surface area contributed by atoms with Crippen LogP contribution < -0.4 is 10.6 Å². The predicted octanol–water partition coefficient (Wildman–Crippen LogP) is 2.39. The third kappa shape index (κ3) is 4.27. The van der Waals surface area contributed by atoms with Crippen LogP contribution in [0.15, 0.2) is 6.08 Å². The van der Waals surface area contributed by atoms with Gasteiger partial charge in [-0.2, -0.15) is 5.10 Å². The van der Waals surface area contributed by atoms with Crippen LogP contribution in [0.2, 0.25) is 0 Å².